The number of phosphoric ester groups is 1. The van der Waals surface area contributed by atoms with Crippen LogP contribution in [0.25, 0.3) is 0 Å². The van der Waals surface area contributed by atoms with Crippen molar-refractivity contribution in [3.05, 3.63) is 29.3 Å². The molecule has 2 heterocycles. The second-order valence-electron chi connectivity index (χ2n) is 9.21. The lowest BCUT2D eigenvalue weighted by Gasteiger charge is -2.50. The summed E-state index contributed by atoms with van der Waals surface area (Å²) >= 11 is 6.99. The van der Waals surface area contributed by atoms with Gasteiger partial charge in [0, 0.05) is 29.9 Å². The first kappa shape index (κ1) is 24.5. The Balaban J connectivity index is 1.73. The zero-order valence-corrected chi connectivity index (χ0v) is 19.7. The van der Waals surface area contributed by atoms with E-state index < -0.39 is 19.6 Å². The van der Waals surface area contributed by atoms with Gasteiger partial charge in [0.25, 0.3) is 0 Å². The molecule has 0 amide bonds. The summed E-state index contributed by atoms with van der Waals surface area (Å²) in [5.74, 6) is 2.16. The molecule has 3 N–H and O–H groups in total. The van der Waals surface area contributed by atoms with Crippen molar-refractivity contribution < 1.29 is 43.3 Å². The molecule has 2 saturated carbocycles. The zero-order valence-electron chi connectivity index (χ0n) is 18.0. The van der Waals surface area contributed by atoms with Gasteiger partial charge in [-0.25, -0.2) is 14.2 Å². The highest BCUT2D eigenvalue weighted by atomic mass is 35.5. The number of aliphatic carboxylic acids is 1. The fourth-order valence-corrected chi connectivity index (χ4v) is 6.75. The molecule has 0 radical (unpaired) electrons. The van der Waals surface area contributed by atoms with Gasteiger partial charge in [0.15, 0.2) is 0 Å². The Morgan fingerprint density at radius 3 is 2.55 bits per heavy atom. The van der Waals surface area contributed by atoms with E-state index >= 15 is 0 Å². The standard InChI is InChI=1S/C22H26ClO9P/c1-29-22(12-15-6-14-7-16(13-30-32-22)11-21(23,9-14)10-15)18-4-2-17(3-5-20(24)25)19(8-18)31-33(26,27)28/h2,4,8,14-16H,6-7,9-13H2,1H3,(H,24,25)(H2,26,27,28). The van der Waals surface area contributed by atoms with Crippen LogP contribution in [0, 0.1) is 29.6 Å². The van der Waals surface area contributed by atoms with E-state index in [1.807, 2.05) is 5.92 Å². The van der Waals surface area contributed by atoms with E-state index in [2.05, 4.69) is 5.92 Å². The first-order valence-corrected chi connectivity index (χ1v) is 12.6. The summed E-state index contributed by atoms with van der Waals surface area (Å²) in [5, 5.41) is 8.84. The Morgan fingerprint density at radius 1 is 1.18 bits per heavy atom. The van der Waals surface area contributed by atoms with Crippen molar-refractivity contribution in [2.75, 3.05) is 13.7 Å². The molecule has 11 heteroatoms. The molecule has 9 nitrogen and oxygen atoms in total. The molecule has 2 saturated heterocycles. The van der Waals surface area contributed by atoms with Gasteiger partial charge in [-0.05, 0) is 62.0 Å². The number of ether oxygens (including phenoxy) is 1. The number of phosphoric acid groups is 1. The van der Waals surface area contributed by atoms with Crippen LogP contribution in [0.1, 0.15) is 49.7 Å². The summed E-state index contributed by atoms with van der Waals surface area (Å²) in [6.07, 6.45) is 5.11. The summed E-state index contributed by atoms with van der Waals surface area (Å²) in [6.45, 7) is 0.356. The third-order valence-corrected chi connectivity index (χ3v) is 7.52. The Kier molecular flexibility index (Phi) is 6.83. The number of benzene rings is 1. The van der Waals surface area contributed by atoms with Gasteiger partial charge in [0.2, 0.25) is 5.79 Å². The monoisotopic (exact) mass is 500 g/mol. The highest BCUT2D eigenvalue weighted by molar-refractivity contribution is 7.46. The fourth-order valence-electron chi connectivity index (χ4n) is 5.68. The second kappa shape index (κ2) is 9.20. The smallest absolute Gasteiger partial charge is 0.472 e. The Morgan fingerprint density at radius 2 is 1.88 bits per heavy atom. The molecule has 33 heavy (non-hydrogen) atoms. The van der Waals surface area contributed by atoms with E-state index in [1.54, 1.807) is 6.07 Å². The van der Waals surface area contributed by atoms with Gasteiger partial charge in [-0.3, -0.25) is 9.79 Å². The van der Waals surface area contributed by atoms with Crippen molar-refractivity contribution in [2.45, 2.75) is 49.2 Å². The lowest BCUT2D eigenvalue weighted by atomic mass is 9.63. The summed E-state index contributed by atoms with van der Waals surface area (Å²) < 4.78 is 22.2. The fraction of sp³-hybridized carbons (Fsp3) is 0.591. The van der Waals surface area contributed by atoms with Crippen LogP contribution in [-0.4, -0.2) is 39.5 Å². The molecule has 0 spiro atoms. The van der Waals surface area contributed by atoms with Gasteiger partial charge < -0.3 is 14.4 Å². The number of halogens is 1. The number of hydrogen-bond donors (Lipinski definition) is 3. The van der Waals surface area contributed by atoms with E-state index in [-0.39, 0.29) is 28.0 Å². The second-order valence-corrected chi connectivity index (χ2v) is 11.2. The van der Waals surface area contributed by atoms with Crippen molar-refractivity contribution >= 4 is 25.4 Å². The molecule has 4 aliphatic rings. The maximum atomic E-state index is 11.5. The normalized spacial score (nSPS) is 33.8. The summed E-state index contributed by atoms with van der Waals surface area (Å²) in [6, 6.07) is 4.33. The number of carbonyl (C=O) groups is 1. The predicted octanol–water partition coefficient (Wildman–Crippen LogP) is 3.55. The van der Waals surface area contributed by atoms with Crippen LogP contribution in [0.2, 0.25) is 0 Å². The third-order valence-electron chi connectivity index (χ3n) is 6.62. The van der Waals surface area contributed by atoms with Gasteiger partial charge >= 0.3 is 13.8 Å². The number of rotatable bonds is 4. The summed E-state index contributed by atoms with van der Waals surface area (Å²) in [5.41, 5.74) is 0.393. The van der Waals surface area contributed by atoms with Gasteiger partial charge in [-0.15, -0.1) is 11.6 Å². The van der Waals surface area contributed by atoms with Crippen molar-refractivity contribution in [1.29, 1.82) is 0 Å². The molecule has 1 aromatic rings. The predicted molar refractivity (Wildman–Crippen MR) is 116 cm³/mol. The van der Waals surface area contributed by atoms with Crippen molar-refractivity contribution in [1.82, 2.24) is 0 Å². The van der Waals surface area contributed by atoms with Crippen LogP contribution in [0.4, 0.5) is 0 Å². The summed E-state index contributed by atoms with van der Waals surface area (Å²) in [4.78, 5) is 40.7. The minimum Gasteiger partial charge on any atom is -0.472 e. The zero-order chi connectivity index (χ0) is 23.9. The Bertz CT molecular complexity index is 1030. The maximum Gasteiger partial charge on any atom is 0.524 e. The molecular weight excluding hydrogens is 475 g/mol. The van der Waals surface area contributed by atoms with Crippen molar-refractivity contribution in [3.63, 3.8) is 0 Å². The Hall–Kier alpha value is -1.63. The number of alkyl halides is 1. The lowest BCUT2D eigenvalue weighted by Crippen LogP contribution is -2.46. The van der Waals surface area contributed by atoms with Crippen LogP contribution in [0.3, 0.4) is 0 Å². The van der Waals surface area contributed by atoms with Gasteiger partial charge in [0.05, 0.1) is 12.2 Å². The molecule has 4 fully saturated rings. The van der Waals surface area contributed by atoms with Gasteiger partial charge in [-0.2, -0.15) is 4.89 Å². The average molecular weight is 501 g/mol. The SMILES string of the molecule is COC1(c2ccc(C#CC(=O)O)c(OP(=O)(O)O)c2)CC2CC3CC(COO1)CC(Cl)(C3)C2. The third kappa shape index (κ3) is 5.72. The van der Waals surface area contributed by atoms with Gasteiger partial charge in [-0.1, -0.05) is 12.0 Å². The molecule has 5 atom stereocenters. The van der Waals surface area contributed by atoms with Crippen molar-refractivity contribution in [3.8, 4) is 17.6 Å². The van der Waals surface area contributed by atoms with Crippen LogP contribution in [0.5, 0.6) is 5.75 Å². The van der Waals surface area contributed by atoms with Crippen molar-refractivity contribution in [2.24, 2.45) is 17.8 Å². The molecule has 5 rings (SSSR count). The largest absolute Gasteiger partial charge is 0.524 e. The van der Waals surface area contributed by atoms with Crippen LogP contribution < -0.4 is 4.52 Å². The number of fused-ring (bicyclic) bond motifs is 4. The van der Waals surface area contributed by atoms with Crippen LogP contribution >= 0.6 is 19.4 Å². The van der Waals surface area contributed by atoms with Crippen LogP contribution in [-0.2, 0) is 29.7 Å². The van der Waals surface area contributed by atoms with E-state index in [4.69, 9.17) is 35.7 Å². The number of hydrogen-bond acceptors (Lipinski definition) is 6. The first-order chi connectivity index (χ1) is 15.5. The topological polar surface area (TPSA) is 132 Å². The number of carboxylic acids is 1. The summed E-state index contributed by atoms with van der Waals surface area (Å²) in [7, 11) is -3.49. The van der Waals surface area contributed by atoms with Gasteiger partial charge in [0.1, 0.15) is 5.75 Å². The average Bonchev–Trinajstić information content (AvgIpc) is 2.69. The lowest BCUT2D eigenvalue weighted by molar-refractivity contribution is -0.443. The van der Waals surface area contributed by atoms with E-state index in [0.717, 1.165) is 32.1 Å². The maximum absolute atomic E-state index is 11.5. The molecule has 2 aliphatic carbocycles. The quantitative estimate of drug-likeness (QED) is 0.246. The molecule has 5 unspecified atom stereocenters. The van der Waals surface area contributed by atoms with E-state index in [0.29, 0.717) is 24.5 Å². The van der Waals surface area contributed by atoms with Crippen LogP contribution in [0.15, 0.2) is 18.2 Å². The molecule has 0 aromatic heterocycles. The minimum absolute atomic E-state index is 0.00445. The molecule has 1 aromatic carbocycles. The number of methoxy groups -OCH3 is 1. The molecular formula is C22H26ClO9P. The minimum atomic E-state index is -4.95. The number of carboxylic acid groups (broad SMARTS) is 1. The molecule has 4 bridgehead atoms. The van der Waals surface area contributed by atoms with E-state index in [1.165, 1.54) is 19.2 Å². The van der Waals surface area contributed by atoms with E-state index in [9.17, 15) is 19.1 Å². The highest BCUT2D eigenvalue weighted by Gasteiger charge is 2.49. The molecule has 180 valence electrons. The first-order valence-electron chi connectivity index (χ1n) is 10.7. The highest BCUT2D eigenvalue weighted by Crippen LogP contribution is 2.54. The Labute approximate surface area is 196 Å². The molecule has 2 aliphatic heterocycles.